The van der Waals surface area contributed by atoms with Crippen LogP contribution >= 0.6 is 0 Å². The van der Waals surface area contributed by atoms with Crippen molar-refractivity contribution in [1.82, 2.24) is 9.78 Å². The van der Waals surface area contributed by atoms with Gasteiger partial charge in [-0.05, 0) is 36.2 Å². The zero-order valence-electron chi connectivity index (χ0n) is 16.7. The summed E-state index contributed by atoms with van der Waals surface area (Å²) in [5, 5.41) is 8.58. The molecule has 5 nitrogen and oxygen atoms in total. The third-order valence-electron chi connectivity index (χ3n) is 4.42. The molecule has 0 aliphatic carbocycles. The summed E-state index contributed by atoms with van der Waals surface area (Å²) in [5.74, 6) is 0. The summed E-state index contributed by atoms with van der Waals surface area (Å²) in [6.07, 6.45) is 1.91. The molecule has 144 valence electrons. The molecule has 0 aliphatic rings. The first-order valence-electron chi connectivity index (χ1n) is 9.46. The van der Waals surface area contributed by atoms with Crippen LogP contribution in [0.1, 0.15) is 25.1 Å². The van der Waals surface area contributed by atoms with E-state index in [0.717, 1.165) is 33.5 Å². The summed E-state index contributed by atoms with van der Waals surface area (Å²) in [4.78, 5) is 12.1. The predicted octanol–water partition coefficient (Wildman–Crippen LogP) is 5.14. The monoisotopic (exact) mass is 375 g/mol. The van der Waals surface area contributed by atoms with E-state index in [1.54, 1.807) is 10.7 Å². The minimum absolute atomic E-state index is 0.349. The molecule has 0 saturated heterocycles. The summed E-state index contributed by atoms with van der Waals surface area (Å²) in [6.45, 7) is 6.65. The Morgan fingerprint density at radius 1 is 1.04 bits per heavy atom. The van der Waals surface area contributed by atoms with E-state index >= 15 is 0 Å². The second-order valence-corrected chi connectivity index (χ2v) is 6.34. The van der Waals surface area contributed by atoms with Crippen LogP contribution in [0, 0.1) is 6.92 Å². The molecule has 2 aromatic heterocycles. The quantitative estimate of drug-likeness (QED) is 0.502. The smallest absolute Gasteiger partial charge is 0.336 e. The van der Waals surface area contributed by atoms with Crippen molar-refractivity contribution in [2.45, 2.75) is 27.3 Å². The van der Waals surface area contributed by atoms with E-state index in [1.165, 1.54) is 0 Å². The molecule has 0 saturated carbocycles. The minimum atomic E-state index is -0.349. The Morgan fingerprint density at radius 2 is 1.82 bits per heavy atom. The normalized spacial score (nSPS) is 10.4. The highest BCUT2D eigenvalue weighted by molar-refractivity contribution is 5.95. The molecule has 0 atom stereocenters. The third kappa shape index (κ3) is 4.14. The number of hydrogen-bond acceptors (Lipinski definition) is 4. The van der Waals surface area contributed by atoms with Crippen molar-refractivity contribution in [3.63, 3.8) is 0 Å². The first-order valence-corrected chi connectivity index (χ1v) is 9.46. The molecular formula is C23H25N3O2. The summed E-state index contributed by atoms with van der Waals surface area (Å²) in [6, 6.07) is 17.4. The lowest BCUT2D eigenvalue weighted by atomic mass is 9.98. The van der Waals surface area contributed by atoms with Gasteiger partial charge >= 0.3 is 5.63 Å². The molecule has 0 bridgehead atoms. The number of aryl methyl sites for hydroxylation is 2. The molecule has 28 heavy (non-hydrogen) atoms. The molecule has 0 aliphatic heterocycles. The molecular weight excluding hydrogens is 350 g/mol. The number of aromatic nitrogens is 2. The second-order valence-electron chi connectivity index (χ2n) is 6.34. The van der Waals surface area contributed by atoms with Gasteiger partial charge in [0.05, 0.1) is 12.2 Å². The van der Waals surface area contributed by atoms with E-state index in [9.17, 15) is 4.79 Å². The van der Waals surface area contributed by atoms with Crippen molar-refractivity contribution in [2.75, 3.05) is 5.32 Å². The largest absolute Gasteiger partial charge is 0.423 e. The van der Waals surface area contributed by atoms with Crippen LogP contribution in [-0.4, -0.2) is 9.78 Å². The average Bonchev–Trinajstić information content (AvgIpc) is 3.12. The van der Waals surface area contributed by atoms with Gasteiger partial charge in [0.25, 0.3) is 0 Å². The van der Waals surface area contributed by atoms with Crippen LogP contribution in [0.4, 0.5) is 5.69 Å². The third-order valence-corrected chi connectivity index (χ3v) is 4.42. The van der Waals surface area contributed by atoms with Crippen LogP contribution in [0.25, 0.3) is 22.1 Å². The van der Waals surface area contributed by atoms with Gasteiger partial charge in [-0.25, -0.2) is 4.79 Å². The number of nitrogens with one attached hydrogen (secondary N) is 1. The molecule has 0 unspecified atom stereocenters. The van der Waals surface area contributed by atoms with Crippen molar-refractivity contribution >= 4 is 16.7 Å². The van der Waals surface area contributed by atoms with Crippen LogP contribution in [0.5, 0.6) is 0 Å². The lowest BCUT2D eigenvalue weighted by Gasteiger charge is -2.10. The average molecular weight is 375 g/mol. The van der Waals surface area contributed by atoms with Gasteiger partial charge in [-0.15, -0.1) is 0 Å². The number of nitrogens with zero attached hydrogens (tertiary/aromatic N) is 2. The molecule has 2 heterocycles. The topological polar surface area (TPSA) is 60.1 Å². The fraction of sp³-hybridized carbons (Fsp3) is 0.217. The Balaban J connectivity index is 0.00000109. The SMILES string of the molecule is CC.Cc1ccccc1-c1cc(=O)oc2cc(NCc3ccn(C)n3)ccc12. The highest BCUT2D eigenvalue weighted by atomic mass is 16.4. The van der Waals surface area contributed by atoms with Gasteiger partial charge in [-0.1, -0.05) is 38.1 Å². The molecule has 4 aromatic rings. The number of rotatable bonds is 4. The molecule has 1 N–H and O–H groups in total. The fourth-order valence-corrected chi connectivity index (χ4v) is 3.12. The first-order chi connectivity index (χ1) is 13.6. The van der Waals surface area contributed by atoms with Crippen LogP contribution < -0.4 is 10.9 Å². The van der Waals surface area contributed by atoms with Gasteiger partial charge in [0.15, 0.2) is 0 Å². The lowest BCUT2D eigenvalue weighted by molar-refractivity contribution is 0.561. The summed E-state index contributed by atoms with van der Waals surface area (Å²) in [5.41, 5.74) is 5.11. The van der Waals surface area contributed by atoms with Crippen LogP contribution in [0.3, 0.4) is 0 Å². The van der Waals surface area contributed by atoms with Gasteiger partial charge in [0, 0.05) is 42.0 Å². The van der Waals surface area contributed by atoms with Crippen molar-refractivity contribution in [1.29, 1.82) is 0 Å². The molecule has 0 radical (unpaired) electrons. The molecule has 0 spiro atoms. The Morgan fingerprint density at radius 3 is 2.54 bits per heavy atom. The highest BCUT2D eigenvalue weighted by Gasteiger charge is 2.10. The highest BCUT2D eigenvalue weighted by Crippen LogP contribution is 2.31. The number of benzene rings is 2. The predicted molar refractivity (Wildman–Crippen MR) is 115 cm³/mol. The van der Waals surface area contributed by atoms with Gasteiger partial charge in [0.2, 0.25) is 0 Å². The maximum absolute atomic E-state index is 12.1. The van der Waals surface area contributed by atoms with E-state index in [4.69, 9.17) is 4.42 Å². The van der Waals surface area contributed by atoms with E-state index in [0.29, 0.717) is 12.1 Å². The zero-order chi connectivity index (χ0) is 20.1. The van der Waals surface area contributed by atoms with Crippen molar-refractivity contribution in [2.24, 2.45) is 7.05 Å². The molecule has 5 heteroatoms. The van der Waals surface area contributed by atoms with Gasteiger partial charge in [-0.3, -0.25) is 4.68 Å². The van der Waals surface area contributed by atoms with Gasteiger partial charge in [0.1, 0.15) is 5.58 Å². The van der Waals surface area contributed by atoms with Gasteiger partial charge in [-0.2, -0.15) is 5.10 Å². The van der Waals surface area contributed by atoms with E-state index in [2.05, 4.69) is 10.4 Å². The standard InChI is InChI=1S/C21H19N3O2.C2H6/c1-14-5-3-4-6-17(14)19-12-21(25)26-20-11-15(7-8-18(19)20)22-13-16-9-10-24(2)23-16;1-2/h3-12,22H,13H2,1-2H3;1-2H3. The van der Waals surface area contributed by atoms with E-state index in [-0.39, 0.29) is 5.63 Å². The minimum Gasteiger partial charge on any atom is -0.423 e. The number of anilines is 1. The van der Waals surface area contributed by atoms with Crippen LogP contribution in [0.15, 0.2) is 70.0 Å². The Bertz CT molecular complexity index is 1140. The Labute approximate surface area is 164 Å². The summed E-state index contributed by atoms with van der Waals surface area (Å²) < 4.78 is 7.21. The number of fused-ring (bicyclic) bond motifs is 1. The molecule has 0 amide bonds. The lowest BCUT2D eigenvalue weighted by Crippen LogP contribution is -2.02. The van der Waals surface area contributed by atoms with Crippen molar-refractivity contribution in [3.05, 3.63) is 82.5 Å². The maximum atomic E-state index is 12.1. The number of hydrogen-bond donors (Lipinski definition) is 1. The molecule has 0 fully saturated rings. The second kappa shape index (κ2) is 8.57. The van der Waals surface area contributed by atoms with Gasteiger partial charge < -0.3 is 9.73 Å². The Hall–Kier alpha value is -3.34. The van der Waals surface area contributed by atoms with Crippen LogP contribution in [0.2, 0.25) is 0 Å². The van der Waals surface area contributed by atoms with Crippen LogP contribution in [-0.2, 0) is 13.6 Å². The molecule has 4 rings (SSSR count). The molecule has 2 aromatic carbocycles. The maximum Gasteiger partial charge on any atom is 0.336 e. The first kappa shape index (κ1) is 19.4. The zero-order valence-corrected chi connectivity index (χ0v) is 16.7. The van der Waals surface area contributed by atoms with E-state index < -0.39 is 0 Å². The van der Waals surface area contributed by atoms with Crippen molar-refractivity contribution < 1.29 is 4.42 Å². The van der Waals surface area contributed by atoms with E-state index in [1.807, 2.05) is 82.5 Å². The summed E-state index contributed by atoms with van der Waals surface area (Å²) in [7, 11) is 1.89. The van der Waals surface area contributed by atoms with Crippen molar-refractivity contribution in [3.8, 4) is 11.1 Å². The Kier molecular flexibility index (Phi) is 5.94. The fourth-order valence-electron chi connectivity index (χ4n) is 3.12. The summed E-state index contributed by atoms with van der Waals surface area (Å²) >= 11 is 0.